The fraction of sp³-hybridized carbons (Fsp3) is 0.526. The average molecular weight is 345 g/mol. The summed E-state index contributed by atoms with van der Waals surface area (Å²) in [7, 11) is 0. The van der Waals surface area contributed by atoms with Crippen LogP contribution in [0.2, 0.25) is 0 Å². The van der Waals surface area contributed by atoms with E-state index < -0.39 is 6.10 Å². The summed E-state index contributed by atoms with van der Waals surface area (Å²) >= 11 is 0. The molecule has 1 heterocycles. The Hall–Kier alpha value is -2.21. The Kier molecular flexibility index (Phi) is 6.70. The van der Waals surface area contributed by atoms with Gasteiger partial charge in [-0.3, -0.25) is 14.2 Å². The molecule has 0 spiro atoms. The Bertz CT molecular complexity index is 781. The lowest BCUT2D eigenvalue weighted by Gasteiger charge is -2.20. The summed E-state index contributed by atoms with van der Waals surface area (Å²) in [6, 6.07) is 5.50. The standard InChI is InChI=1S/C19H27N3O3/c1-4-14(5-2)16(23)11-20-17(24)9-10-22-12-21-18-13(3)7-6-8-15(18)19(22)25/h6-8,12,14,16,23H,4-5,9-11H2,1-3H3,(H,20,24). The minimum absolute atomic E-state index is 0.140. The van der Waals surface area contributed by atoms with Crippen molar-refractivity contribution in [1.29, 1.82) is 0 Å². The van der Waals surface area contributed by atoms with Crippen LogP contribution in [0.25, 0.3) is 10.9 Å². The van der Waals surface area contributed by atoms with Gasteiger partial charge in [0.05, 0.1) is 23.3 Å². The molecule has 0 aliphatic carbocycles. The quantitative estimate of drug-likeness (QED) is 0.766. The highest BCUT2D eigenvalue weighted by Crippen LogP contribution is 2.12. The van der Waals surface area contributed by atoms with Crippen molar-refractivity contribution in [2.45, 2.75) is 52.7 Å². The number of para-hydroxylation sites is 1. The summed E-state index contributed by atoms with van der Waals surface area (Å²) < 4.78 is 1.46. The third kappa shape index (κ3) is 4.66. The fourth-order valence-corrected chi connectivity index (χ4v) is 3.03. The number of rotatable bonds is 8. The van der Waals surface area contributed by atoms with E-state index in [-0.39, 0.29) is 36.9 Å². The molecule has 0 aliphatic rings. The second-order valence-electron chi connectivity index (χ2n) is 6.41. The molecule has 0 saturated heterocycles. The first-order valence-corrected chi connectivity index (χ1v) is 8.87. The maximum atomic E-state index is 12.5. The van der Waals surface area contributed by atoms with E-state index in [1.807, 2.05) is 32.9 Å². The maximum absolute atomic E-state index is 12.5. The molecule has 0 aliphatic heterocycles. The summed E-state index contributed by atoms with van der Waals surface area (Å²) in [6.07, 6.45) is 2.89. The highest BCUT2D eigenvalue weighted by Gasteiger charge is 2.16. The van der Waals surface area contributed by atoms with Crippen LogP contribution in [0.15, 0.2) is 29.3 Å². The van der Waals surface area contributed by atoms with Gasteiger partial charge in [-0.15, -0.1) is 0 Å². The zero-order valence-corrected chi connectivity index (χ0v) is 15.2. The molecule has 2 rings (SSSR count). The predicted molar refractivity (Wildman–Crippen MR) is 98.4 cm³/mol. The first kappa shape index (κ1) is 19.1. The van der Waals surface area contributed by atoms with Crippen LogP contribution in [-0.2, 0) is 11.3 Å². The number of aliphatic hydroxyl groups is 1. The molecule has 2 N–H and O–H groups in total. The number of nitrogens with one attached hydrogen (secondary N) is 1. The van der Waals surface area contributed by atoms with E-state index in [0.29, 0.717) is 10.9 Å². The second-order valence-corrected chi connectivity index (χ2v) is 6.41. The van der Waals surface area contributed by atoms with Crippen molar-refractivity contribution in [3.8, 4) is 0 Å². The molecule has 25 heavy (non-hydrogen) atoms. The van der Waals surface area contributed by atoms with Crippen molar-refractivity contribution in [2.24, 2.45) is 5.92 Å². The largest absolute Gasteiger partial charge is 0.391 e. The third-order valence-electron chi connectivity index (χ3n) is 4.74. The van der Waals surface area contributed by atoms with Crippen LogP contribution in [0.5, 0.6) is 0 Å². The van der Waals surface area contributed by atoms with Gasteiger partial charge in [0.15, 0.2) is 0 Å². The van der Waals surface area contributed by atoms with Gasteiger partial charge in [-0.1, -0.05) is 38.8 Å². The first-order valence-electron chi connectivity index (χ1n) is 8.87. The topological polar surface area (TPSA) is 84.2 Å². The van der Waals surface area contributed by atoms with Crippen LogP contribution >= 0.6 is 0 Å². The second kappa shape index (κ2) is 8.76. The molecule has 1 aromatic heterocycles. The molecule has 0 radical (unpaired) electrons. The molecule has 6 nitrogen and oxygen atoms in total. The molecule has 1 unspecified atom stereocenters. The lowest BCUT2D eigenvalue weighted by atomic mass is 9.96. The van der Waals surface area contributed by atoms with Gasteiger partial charge >= 0.3 is 0 Å². The van der Waals surface area contributed by atoms with Crippen LogP contribution in [0, 0.1) is 12.8 Å². The van der Waals surface area contributed by atoms with E-state index in [1.165, 1.54) is 10.9 Å². The monoisotopic (exact) mass is 345 g/mol. The van der Waals surface area contributed by atoms with Crippen LogP contribution < -0.4 is 10.9 Å². The molecule has 1 atom stereocenters. The van der Waals surface area contributed by atoms with Gasteiger partial charge in [0.1, 0.15) is 0 Å². The van der Waals surface area contributed by atoms with E-state index >= 15 is 0 Å². The number of nitrogens with zero attached hydrogens (tertiary/aromatic N) is 2. The Labute approximate surface area is 147 Å². The molecule has 1 amide bonds. The molecule has 0 fully saturated rings. The molecule has 1 aromatic carbocycles. The Balaban J connectivity index is 1.95. The van der Waals surface area contributed by atoms with Crippen LogP contribution in [0.3, 0.4) is 0 Å². The Morgan fingerprint density at radius 1 is 1.32 bits per heavy atom. The average Bonchev–Trinajstić information content (AvgIpc) is 2.61. The number of aliphatic hydroxyl groups excluding tert-OH is 1. The van der Waals surface area contributed by atoms with Crippen molar-refractivity contribution < 1.29 is 9.90 Å². The van der Waals surface area contributed by atoms with Gasteiger partial charge in [0, 0.05) is 19.5 Å². The van der Waals surface area contributed by atoms with E-state index in [4.69, 9.17) is 0 Å². The number of hydrogen-bond acceptors (Lipinski definition) is 4. The predicted octanol–water partition coefficient (Wildman–Crippen LogP) is 2.01. The van der Waals surface area contributed by atoms with Gasteiger partial charge in [0.25, 0.3) is 5.56 Å². The summed E-state index contributed by atoms with van der Waals surface area (Å²) in [5, 5.41) is 13.4. The van der Waals surface area contributed by atoms with Gasteiger partial charge in [-0.05, 0) is 24.5 Å². The molecular formula is C19H27N3O3. The fourth-order valence-electron chi connectivity index (χ4n) is 3.03. The highest BCUT2D eigenvalue weighted by molar-refractivity contribution is 5.80. The summed E-state index contributed by atoms with van der Waals surface area (Å²) in [4.78, 5) is 28.8. The normalized spacial score (nSPS) is 12.5. The molecule has 2 aromatic rings. The summed E-state index contributed by atoms with van der Waals surface area (Å²) in [6.45, 7) is 6.48. The number of carbonyl (C=O) groups is 1. The van der Waals surface area contributed by atoms with Crippen molar-refractivity contribution >= 4 is 16.8 Å². The number of aromatic nitrogens is 2. The van der Waals surface area contributed by atoms with Crippen LogP contribution in [0.1, 0.15) is 38.7 Å². The van der Waals surface area contributed by atoms with Crippen molar-refractivity contribution in [1.82, 2.24) is 14.9 Å². The third-order valence-corrected chi connectivity index (χ3v) is 4.74. The number of benzene rings is 1. The maximum Gasteiger partial charge on any atom is 0.261 e. The van der Waals surface area contributed by atoms with Crippen molar-refractivity contribution in [3.63, 3.8) is 0 Å². The van der Waals surface area contributed by atoms with E-state index in [0.717, 1.165) is 18.4 Å². The minimum Gasteiger partial charge on any atom is -0.391 e. The zero-order chi connectivity index (χ0) is 18.4. The number of amides is 1. The van der Waals surface area contributed by atoms with Crippen LogP contribution in [0.4, 0.5) is 0 Å². The van der Waals surface area contributed by atoms with E-state index in [9.17, 15) is 14.7 Å². The SMILES string of the molecule is CCC(CC)C(O)CNC(=O)CCn1cnc2c(C)cccc2c1=O. The smallest absolute Gasteiger partial charge is 0.261 e. The molecule has 0 bridgehead atoms. The van der Waals surface area contributed by atoms with Crippen molar-refractivity contribution in [2.75, 3.05) is 6.54 Å². The number of fused-ring (bicyclic) bond motifs is 1. The minimum atomic E-state index is -0.535. The molecule has 6 heteroatoms. The molecule has 136 valence electrons. The van der Waals surface area contributed by atoms with E-state index in [1.54, 1.807) is 6.07 Å². The number of aryl methyl sites for hydroxylation is 2. The van der Waals surface area contributed by atoms with Crippen LogP contribution in [-0.4, -0.2) is 33.2 Å². The van der Waals surface area contributed by atoms with Gasteiger partial charge in [-0.25, -0.2) is 4.98 Å². The molecular weight excluding hydrogens is 318 g/mol. The molecule has 0 saturated carbocycles. The van der Waals surface area contributed by atoms with Gasteiger partial charge in [0.2, 0.25) is 5.91 Å². The highest BCUT2D eigenvalue weighted by atomic mass is 16.3. The first-order chi connectivity index (χ1) is 12.0. The van der Waals surface area contributed by atoms with Gasteiger partial charge in [-0.2, -0.15) is 0 Å². The zero-order valence-electron chi connectivity index (χ0n) is 15.2. The lowest BCUT2D eigenvalue weighted by molar-refractivity contribution is -0.122. The van der Waals surface area contributed by atoms with E-state index in [2.05, 4.69) is 10.3 Å². The van der Waals surface area contributed by atoms with Crippen molar-refractivity contribution in [3.05, 3.63) is 40.4 Å². The summed E-state index contributed by atoms with van der Waals surface area (Å²) in [5.41, 5.74) is 1.51. The van der Waals surface area contributed by atoms with Gasteiger partial charge < -0.3 is 10.4 Å². The number of carbonyl (C=O) groups excluding carboxylic acids is 1. The Morgan fingerprint density at radius 2 is 2.04 bits per heavy atom. The number of hydrogen-bond donors (Lipinski definition) is 2. The lowest BCUT2D eigenvalue weighted by Crippen LogP contribution is -2.36. The summed E-state index contributed by atoms with van der Waals surface area (Å²) in [5.74, 6) is 0.0112. The Morgan fingerprint density at radius 3 is 2.72 bits per heavy atom.